The number of fused-ring (bicyclic) bond motifs is 1. The zero-order valence-electron chi connectivity index (χ0n) is 12.1. The third kappa shape index (κ3) is 2.91. The molecule has 0 saturated heterocycles. The van der Waals surface area contributed by atoms with Crippen LogP contribution < -0.4 is 0 Å². The van der Waals surface area contributed by atoms with E-state index in [9.17, 15) is 17.6 Å². The summed E-state index contributed by atoms with van der Waals surface area (Å²) in [6.07, 6.45) is 0. The topological polar surface area (TPSA) is 0 Å². The van der Waals surface area contributed by atoms with Crippen LogP contribution in [0.2, 0.25) is 0 Å². The van der Waals surface area contributed by atoms with E-state index in [1.807, 2.05) is 0 Å². The molecule has 0 radical (unpaired) electrons. The second-order valence-corrected chi connectivity index (χ2v) is 5.15. The number of rotatable bonds is 0. The summed E-state index contributed by atoms with van der Waals surface area (Å²) in [5, 5.41) is 0.587. The summed E-state index contributed by atoms with van der Waals surface area (Å²) >= 11 is 0. The molecule has 0 unspecified atom stereocenters. The Kier molecular flexibility index (Phi) is 3.79. The zero-order chi connectivity index (χ0) is 16.6. The standard InChI is InChI=1S/C19H10F4/c1-11-8-17(21)15(18(22)9-11)6-3-12-2-5-14-13(10-12)4-7-16(20)19(14)23/h2,4-5,7-10H,1H3. The van der Waals surface area contributed by atoms with E-state index in [-0.39, 0.29) is 10.9 Å². The van der Waals surface area contributed by atoms with Gasteiger partial charge in [-0.2, -0.15) is 0 Å². The van der Waals surface area contributed by atoms with Gasteiger partial charge in [0.15, 0.2) is 11.6 Å². The van der Waals surface area contributed by atoms with Gasteiger partial charge in [0.05, 0.1) is 5.56 Å². The maximum Gasteiger partial charge on any atom is 0.166 e. The fraction of sp³-hybridized carbons (Fsp3) is 0.0526. The highest BCUT2D eigenvalue weighted by Crippen LogP contribution is 2.21. The Morgan fingerprint density at radius 1 is 0.739 bits per heavy atom. The van der Waals surface area contributed by atoms with Gasteiger partial charge in [0.25, 0.3) is 0 Å². The lowest BCUT2D eigenvalue weighted by Gasteiger charge is -2.01. The molecule has 0 aliphatic carbocycles. The van der Waals surface area contributed by atoms with Crippen molar-refractivity contribution in [3.63, 3.8) is 0 Å². The molecule has 0 aromatic heterocycles. The molecule has 4 heteroatoms. The zero-order valence-corrected chi connectivity index (χ0v) is 12.1. The summed E-state index contributed by atoms with van der Waals surface area (Å²) in [6, 6.07) is 9.24. The number of aryl methyl sites for hydroxylation is 1. The summed E-state index contributed by atoms with van der Waals surface area (Å²) in [6.45, 7) is 1.58. The predicted octanol–water partition coefficient (Wildman–Crippen LogP) is 5.10. The van der Waals surface area contributed by atoms with Gasteiger partial charge < -0.3 is 0 Å². The number of benzene rings is 3. The fourth-order valence-corrected chi connectivity index (χ4v) is 2.30. The highest BCUT2D eigenvalue weighted by molar-refractivity contribution is 5.84. The van der Waals surface area contributed by atoms with E-state index >= 15 is 0 Å². The summed E-state index contributed by atoms with van der Waals surface area (Å²) in [7, 11) is 0. The van der Waals surface area contributed by atoms with Gasteiger partial charge in [-0.25, -0.2) is 17.6 Å². The minimum absolute atomic E-state index is 0.128. The van der Waals surface area contributed by atoms with Crippen molar-refractivity contribution in [3.05, 3.63) is 82.4 Å². The number of halogens is 4. The van der Waals surface area contributed by atoms with Crippen LogP contribution in [0.3, 0.4) is 0 Å². The third-order valence-corrected chi connectivity index (χ3v) is 3.43. The van der Waals surface area contributed by atoms with Crippen LogP contribution in [0.5, 0.6) is 0 Å². The van der Waals surface area contributed by atoms with Crippen molar-refractivity contribution in [1.82, 2.24) is 0 Å². The van der Waals surface area contributed by atoms with Crippen LogP contribution in [0.4, 0.5) is 17.6 Å². The maximum atomic E-state index is 13.7. The first-order valence-corrected chi connectivity index (χ1v) is 6.81. The molecular weight excluding hydrogens is 304 g/mol. The van der Waals surface area contributed by atoms with Crippen LogP contribution >= 0.6 is 0 Å². The summed E-state index contributed by atoms with van der Waals surface area (Å²) in [4.78, 5) is 0. The van der Waals surface area contributed by atoms with E-state index in [2.05, 4.69) is 11.8 Å². The number of hydrogen-bond donors (Lipinski definition) is 0. The monoisotopic (exact) mass is 314 g/mol. The molecule has 0 spiro atoms. The van der Waals surface area contributed by atoms with E-state index in [4.69, 9.17) is 0 Å². The highest BCUT2D eigenvalue weighted by Gasteiger charge is 2.08. The molecule has 0 saturated carbocycles. The van der Waals surface area contributed by atoms with Crippen molar-refractivity contribution in [3.8, 4) is 11.8 Å². The van der Waals surface area contributed by atoms with Crippen molar-refractivity contribution in [1.29, 1.82) is 0 Å². The maximum absolute atomic E-state index is 13.7. The van der Waals surface area contributed by atoms with Crippen LogP contribution in [0.15, 0.2) is 42.5 Å². The Balaban J connectivity index is 2.06. The Hall–Kier alpha value is -2.80. The molecule has 3 rings (SSSR count). The highest BCUT2D eigenvalue weighted by atomic mass is 19.2. The summed E-state index contributed by atoms with van der Waals surface area (Å²) < 4.78 is 54.2. The molecule has 0 N–H and O–H groups in total. The van der Waals surface area contributed by atoms with E-state index in [1.54, 1.807) is 6.92 Å². The Bertz CT molecular complexity index is 955. The molecule has 0 aliphatic rings. The Morgan fingerprint density at radius 2 is 1.43 bits per heavy atom. The lowest BCUT2D eigenvalue weighted by atomic mass is 10.1. The third-order valence-electron chi connectivity index (χ3n) is 3.43. The SMILES string of the molecule is Cc1cc(F)c(C#Cc2ccc3c(F)c(F)ccc3c2)c(F)c1. The number of hydrogen-bond acceptors (Lipinski definition) is 0. The lowest BCUT2D eigenvalue weighted by molar-refractivity contribution is 0.517. The molecule has 0 amide bonds. The van der Waals surface area contributed by atoms with Crippen LogP contribution in [-0.2, 0) is 0 Å². The summed E-state index contributed by atoms with van der Waals surface area (Å²) in [5.74, 6) is 1.76. The minimum atomic E-state index is -0.933. The quantitative estimate of drug-likeness (QED) is 0.400. The molecule has 3 aromatic carbocycles. The van der Waals surface area contributed by atoms with Crippen molar-refractivity contribution in [2.75, 3.05) is 0 Å². The first-order valence-electron chi connectivity index (χ1n) is 6.81. The summed E-state index contributed by atoms with van der Waals surface area (Å²) in [5.41, 5.74) is 0.595. The molecule has 0 bridgehead atoms. The molecule has 0 fully saturated rings. The largest absolute Gasteiger partial charge is 0.206 e. The Morgan fingerprint density at radius 3 is 2.13 bits per heavy atom. The second kappa shape index (κ2) is 5.77. The van der Waals surface area contributed by atoms with Crippen molar-refractivity contribution in [2.45, 2.75) is 6.92 Å². The molecule has 0 aliphatic heterocycles. The molecular formula is C19H10F4. The van der Waals surface area contributed by atoms with Gasteiger partial charge in [-0.15, -0.1) is 0 Å². The first-order chi connectivity index (χ1) is 11.0. The molecule has 3 aromatic rings. The van der Waals surface area contributed by atoms with Crippen molar-refractivity contribution < 1.29 is 17.6 Å². The minimum Gasteiger partial charge on any atom is -0.206 e. The van der Waals surface area contributed by atoms with E-state index in [0.29, 0.717) is 16.5 Å². The molecule has 0 heterocycles. The van der Waals surface area contributed by atoms with Crippen molar-refractivity contribution >= 4 is 10.8 Å². The fourth-order valence-electron chi connectivity index (χ4n) is 2.30. The van der Waals surface area contributed by atoms with Gasteiger partial charge in [-0.05, 0) is 48.2 Å². The average Bonchev–Trinajstić information content (AvgIpc) is 2.50. The van der Waals surface area contributed by atoms with Crippen LogP contribution in [0.25, 0.3) is 10.8 Å². The van der Waals surface area contributed by atoms with Gasteiger partial charge >= 0.3 is 0 Å². The Labute approximate surface area is 130 Å². The average molecular weight is 314 g/mol. The van der Waals surface area contributed by atoms with Crippen LogP contribution in [0, 0.1) is 42.0 Å². The van der Waals surface area contributed by atoms with Gasteiger partial charge in [0.1, 0.15) is 11.6 Å². The molecule has 114 valence electrons. The second-order valence-electron chi connectivity index (χ2n) is 5.15. The van der Waals surface area contributed by atoms with Gasteiger partial charge in [0, 0.05) is 10.9 Å². The van der Waals surface area contributed by atoms with Gasteiger partial charge in [-0.1, -0.05) is 24.0 Å². The van der Waals surface area contributed by atoms with Crippen molar-refractivity contribution in [2.24, 2.45) is 0 Å². The molecule has 0 atom stereocenters. The predicted molar refractivity (Wildman–Crippen MR) is 80.9 cm³/mol. The molecule has 23 heavy (non-hydrogen) atoms. The molecule has 0 nitrogen and oxygen atoms in total. The van der Waals surface area contributed by atoms with Crippen LogP contribution in [0.1, 0.15) is 16.7 Å². The van der Waals surface area contributed by atoms with Gasteiger partial charge in [0.2, 0.25) is 0 Å². The van der Waals surface area contributed by atoms with E-state index in [0.717, 1.165) is 6.07 Å². The van der Waals surface area contributed by atoms with Gasteiger partial charge in [-0.3, -0.25) is 0 Å². The van der Waals surface area contributed by atoms with Crippen LogP contribution in [-0.4, -0.2) is 0 Å². The normalized spacial score (nSPS) is 10.5. The van der Waals surface area contributed by atoms with E-state index in [1.165, 1.54) is 36.4 Å². The lowest BCUT2D eigenvalue weighted by Crippen LogP contribution is -1.92. The van der Waals surface area contributed by atoms with E-state index < -0.39 is 23.3 Å². The first kappa shape index (κ1) is 15.1. The smallest absolute Gasteiger partial charge is 0.166 e.